The summed E-state index contributed by atoms with van der Waals surface area (Å²) >= 11 is 1.40. The summed E-state index contributed by atoms with van der Waals surface area (Å²) in [7, 11) is 0. The third kappa shape index (κ3) is 4.43. The molecule has 25 heavy (non-hydrogen) atoms. The fourth-order valence-corrected chi connectivity index (χ4v) is 3.33. The van der Waals surface area contributed by atoms with Gasteiger partial charge in [0.05, 0.1) is 12.1 Å². The zero-order valence-electron chi connectivity index (χ0n) is 13.7. The summed E-state index contributed by atoms with van der Waals surface area (Å²) in [6, 6.07) is 17.5. The van der Waals surface area contributed by atoms with Crippen molar-refractivity contribution in [2.75, 3.05) is 17.6 Å². The number of aromatic nitrogens is 1. The molecule has 1 aromatic heterocycles. The van der Waals surface area contributed by atoms with Crippen LogP contribution in [0.1, 0.15) is 11.3 Å². The van der Waals surface area contributed by atoms with Crippen molar-refractivity contribution in [2.24, 2.45) is 5.73 Å². The lowest BCUT2D eigenvalue weighted by atomic mass is 10.1. The fraction of sp³-hybridized carbons (Fsp3) is 0.158. The van der Waals surface area contributed by atoms with Gasteiger partial charge in [-0.1, -0.05) is 53.8 Å². The number of nitrogens with two attached hydrogens (primary N) is 2. The Hall–Kier alpha value is -2.70. The predicted molar refractivity (Wildman–Crippen MR) is 103 cm³/mol. The van der Waals surface area contributed by atoms with E-state index >= 15 is 0 Å². The van der Waals surface area contributed by atoms with Crippen LogP contribution in [0.5, 0.6) is 0 Å². The van der Waals surface area contributed by atoms with Gasteiger partial charge in [-0.05, 0) is 30.7 Å². The van der Waals surface area contributed by atoms with Crippen LogP contribution in [0, 0.1) is 0 Å². The van der Waals surface area contributed by atoms with Gasteiger partial charge < -0.3 is 16.8 Å². The van der Waals surface area contributed by atoms with Crippen molar-refractivity contribution in [3.63, 3.8) is 0 Å². The lowest BCUT2D eigenvalue weighted by molar-refractivity contribution is -0.115. The maximum Gasteiger partial charge on any atom is 0.230 e. The van der Waals surface area contributed by atoms with E-state index in [1.165, 1.54) is 11.3 Å². The minimum absolute atomic E-state index is 0.136. The Morgan fingerprint density at radius 1 is 1.08 bits per heavy atom. The molecule has 3 aromatic rings. The molecule has 0 aliphatic heterocycles. The molecule has 1 heterocycles. The van der Waals surface area contributed by atoms with Gasteiger partial charge in [0.15, 0.2) is 0 Å². The van der Waals surface area contributed by atoms with E-state index in [-0.39, 0.29) is 12.3 Å². The molecule has 5 N–H and O–H groups in total. The van der Waals surface area contributed by atoms with E-state index in [1.807, 2.05) is 54.6 Å². The normalized spacial score (nSPS) is 10.6. The van der Waals surface area contributed by atoms with Crippen molar-refractivity contribution in [1.82, 2.24) is 4.98 Å². The summed E-state index contributed by atoms with van der Waals surface area (Å²) in [4.78, 5) is 16.8. The molecule has 0 aliphatic rings. The fourth-order valence-electron chi connectivity index (χ4n) is 2.47. The van der Waals surface area contributed by atoms with Crippen LogP contribution in [-0.2, 0) is 17.6 Å². The molecule has 0 aliphatic carbocycles. The molecule has 0 bridgehead atoms. The Kier molecular flexibility index (Phi) is 5.42. The van der Waals surface area contributed by atoms with E-state index in [0.29, 0.717) is 17.2 Å². The second kappa shape index (κ2) is 7.92. The van der Waals surface area contributed by atoms with E-state index in [9.17, 15) is 4.79 Å². The quantitative estimate of drug-likeness (QED) is 0.635. The first kappa shape index (κ1) is 17.1. The van der Waals surface area contributed by atoms with Gasteiger partial charge in [0.25, 0.3) is 0 Å². The topological polar surface area (TPSA) is 94.0 Å². The van der Waals surface area contributed by atoms with Crippen LogP contribution in [0.4, 0.5) is 10.7 Å². The molecule has 0 saturated heterocycles. The zero-order chi connectivity index (χ0) is 17.6. The van der Waals surface area contributed by atoms with E-state index in [1.54, 1.807) is 0 Å². The monoisotopic (exact) mass is 352 g/mol. The Bertz CT molecular complexity index is 844. The van der Waals surface area contributed by atoms with E-state index in [2.05, 4.69) is 10.3 Å². The Morgan fingerprint density at radius 3 is 2.48 bits per heavy atom. The first-order valence-electron chi connectivity index (χ1n) is 8.05. The number of thiazole rings is 1. The molecule has 128 valence electrons. The maximum atomic E-state index is 12.3. The predicted octanol–water partition coefficient (Wildman–Crippen LogP) is 3.07. The van der Waals surface area contributed by atoms with E-state index < -0.39 is 0 Å². The van der Waals surface area contributed by atoms with Crippen molar-refractivity contribution >= 4 is 27.9 Å². The number of amides is 1. The lowest BCUT2D eigenvalue weighted by Crippen LogP contribution is -2.15. The number of nitrogens with zero attached hydrogens (tertiary/aromatic N) is 1. The number of nitrogen functional groups attached to an aromatic ring is 1. The minimum Gasteiger partial charge on any atom is -0.389 e. The van der Waals surface area contributed by atoms with Crippen LogP contribution in [-0.4, -0.2) is 17.4 Å². The molecule has 5 nitrogen and oxygen atoms in total. The van der Waals surface area contributed by atoms with Gasteiger partial charge in [0.1, 0.15) is 10.0 Å². The van der Waals surface area contributed by atoms with Gasteiger partial charge in [-0.3, -0.25) is 4.79 Å². The highest BCUT2D eigenvalue weighted by atomic mass is 32.1. The summed E-state index contributed by atoms with van der Waals surface area (Å²) in [5, 5.41) is 4.28. The molecule has 2 aromatic carbocycles. The maximum absolute atomic E-state index is 12.3. The van der Waals surface area contributed by atoms with Gasteiger partial charge in [-0.15, -0.1) is 0 Å². The van der Waals surface area contributed by atoms with E-state index in [0.717, 1.165) is 28.2 Å². The second-order valence-corrected chi connectivity index (χ2v) is 6.69. The molecular weight excluding hydrogens is 332 g/mol. The van der Waals surface area contributed by atoms with Crippen molar-refractivity contribution in [2.45, 2.75) is 12.8 Å². The smallest absolute Gasteiger partial charge is 0.230 e. The Balaban J connectivity index is 1.66. The molecule has 0 spiro atoms. The molecule has 0 fully saturated rings. The average Bonchev–Trinajstić information content (AvgIpc) is 2.98. The summed E-state index contributed by atoms with van der Waals surface area (Å²) in [6.45, 7) is 0.610. The molecule has 1 amide bonds. The van der Waals surface area contributed by atoms with Gasteiger partial charge in [0.2, 0.25) is 5.91 Å². The standard InChI is InChI=1S/C19H20N4OS/c20-11-10-13-6-8-15(9-7-13)22-17(24)12-16-18(21)25-19(23-16)14-4-2-1-3-5-14/h1-9H,10-12,20-21H2,(H,22,24). The number of hydrogen-bond acceptors (Lipinski definition) is 5. The van der Waals surface area contributed by atoms with Gasteiger partial charge >= 0.3 is 0 Å². The molecule has 3 rings (SSSR count). The molecular formula is C19H20N4OS. The van der Waals surface area contributed by atoms with Gasteiger partial charge in [-0.2, -0.15) is 0 Å². The second-order valence-electron chi connectivity index (χ2n) is 5.66. The molecule has 0 saturated carbocycles. The van der Waals surface area contributed by atoms with Gasteiger partial charge in [-0.25, -0.2) is 4.98 Å². The summed E-state index contributed by atoms with van der Waals surface area (Å²) in [5.41, 5.74) is 15.1. The minimum atomic E-state index is -0.136. The first-order chi connectivity index (χ1) is 12.2. The number of nitrogens with one attached hydrogen (secondary N) is 1. The molecule has 0 unspecified atom stereocenters. The SMILES string of the molecule is NCCc1ccc(NC(=O)Cc2nc(-c3ccccc3)sc2N)cc1. The molecule has 0 radical (unpaired) electrons. The van der Waals surface area contributed by atoms with Crippen LogP contribution in [0.25, 0.3) is 10.6 Å². The number of carbonyl (C=O) groups is 1. The van der Waals surface area contributed by atoms with Crippen molar-refractivity contribution in [3.05, 3.63) is 65.9 Å². The van der Waals surface area contributed by atoms with Crippen molar-refractivity contribution in [3.8, 4) is 10.6 Å². The van der Waals surface area contributed by atoms with Crippen LogP contribution in [0.2, 0.25) is 0 Å². The molecule has 0 atom stereocenters. The largest absolute Gasteiger partial charge is 0.389 e. The Morgan fingerprint density at radius 2 is 1.80 bits per heavy atom. The van der Waals surface area contributed by atoms with Crippen LogP contribution in [0.15, 0.2) is 54.6 Å². The Labute approximate surface area is 150 Å². The first-order valence-corrected chi connectivity index (χ1v) is 8.87. The third-order valence-corrected chi connectivity index (χ3v) is 4.72. The zero-order valence-corrected chi connectivity index (χ0v) is 14.6. The third-order valence-electron chi connectivity index (χ3n) is 3.75. The number of rotatable bonds is 6. The van der Waals surface area contributed by atoms with Crippen LogP contribution < -0.4 is 16.8 Å². The number of benzene rings is 2. The van der Waals surface area contributed by atoms with Crippen molar-refractivity contribution in [1.29, 1.82) is 0 Å². The van der Waals surface area contributed by atoms with Crippen LogP contribution >= 0.6 is 11.3 Å². The summed E-state index contributed by atoms with van der Waals surface area (Å²) in [5.74, 6) is -0.136. The van der Waals surface area contributed by atoms with Crippen molar-refractivity contribution < 1.29 is 4.79 Å². The number of carbonyl (C=O) groups excluding carboxylic acids is 1. The van der Waals surface area contributed by atoms with E-state index in [4.69, 9.17) is 11.5 Å². The highest BCUT2D eigenvalue weighted by Crippen LogP contribution is 2.30. The number of hydrogen-bond donors (Lipinski definition) is 3. The number of anilines is 2. The highest BCUT2D eigenvalue weighted by molar-refractivity contribution is 7.18. The average molecular weight is 352 g/mol. The van der Waals surface area contributed by atoms with Crippen LogP contribution in [0.3, 0.4) is 0 Å². The highest BCUT2D eigenvalue weighted by Gasteiger charge is 2.14. The summed E-state index contributed by atoms with van der Waals surface area (Å²) < 4.78 is 0. The summed E-state index contributed by atoms with van der Waals surface area (Å²) in [6.07, 6.45) is 0.978. The molecule has 6 heteroatoms. The van der Waals surface area contributed by atoms with Gasteiger partial charge in [0, 0.05) is 11.3 Å². The lowest BCUT2D eigenvalue weighted by Gasteiger charge is -2.06.